The Balaban J connectivity index is 0.000000177. The van der Waals surface area contributed by atoms with E-state index in [-0.39, 0.29) is 66.1 Å². The second-order valence-corrected chi connectivity index (χ2v) is 12.2. The summed E-state index contributed by atoms with van der Waals surface area (Å²) in [6.07, 6.45) is 3.63. The first-order valence-corrected chi connectivity index (χ1v) is 15.3. The normalized spacial score (nSPS) is 14.0. The second-order valence-electron chi connectivity index (χ2n) is 10.6. The molecule has 4 heterocycles. The predicted molar refractivity (Wildman–Crippen MR) is 169 cm³/mol. The molecule has 0 saturated carbocycles. The highest BCUT2D eigenvalue weighted by molar-refractivity contribution is 6.34. The van der Waals surface area contributed by atoms with E-state index in [0.29, 0.717) is 31.9 Å². The average molecular weight is 688 g/mol. The van der Waals surface area contributed by atoms with Gasteiger partial charge in [-0.25, -0.2) is 18.1 Å². The van der Waals surface area contributed by atoms with Gasteiger partial charge in [-0.3, -0.25) is 19.0 Å². The number of ether oxygens (including phenoxy) is 1. The van der Waals surface area contributed by atoms with Crippen LogP contribution in [0.4, 0.5) is 8.78 Å². The minimum absolute atomic E-state index is 0.0312. The number of benzene rings is 2. The maximum Gasteiger partial charge on any atom is 0.276 e. The van der Waals surface area contributed by atoms with Crippen LogP contribution in [0.25, 0.3) is 22.3 Å². The summed E-state index contributed by atoms with van der Waals surface area (Å²) in [6.45, 7) is 8.21. The number of nitrogens with zero attached hydrogens (tertiary/aromatic N) is 4. The monoisotopic (exact) mass is 686 g/mol. The molecule has 6 rings (SSSR count). The maximum atomic E-state index is 14.5. The van der Waals surface area contributed by atoms with Crippen molar-refractivity contribution >= 4 is 46.4 Å². The molecule has 0 unspecified atom stereocenters. The fourth-order valence-corrected chi connectivity index (χ4v) is 6.34. The molecule has 0 fully saturated rings. The van der Waals surface area contributed by atoms with E-state index in [9.17, 15) is 23.5 Å². The van der Waals surface area contributed by atoms with Crippen LogP contribution in [0.2, 0.25) is 20.4 Å². The Hall–Kier alpha value is -3.18. The molecule has 14 heteroatoms. The number of aromatic nitrogens is 4. The van der Waals surface area contributed by atoms with Gasteiger partial charge < -0.3 is 9.84 Å². The van der Waals surface area contributed by atoms with Crippen molar-refractivity contribution < 1.29 is 18.6 Å². The third-order valence-electron chi connectivity index (χ3n) is 7.40. The highest BCUT2D eigenvalue weighted by atomic mass is 35.5. The fourth-order valence-electron chi connectivity index (χ4n) is 5.27. The van der Waals surface area contributed by atoms with Crippen LogP contribution in [0.1, 0.15) is 32.6 Å². The number of hydrogen-bond acceptors (Lipinski definition) is 4. The van der Waals surface area contributed by atoms with Crippen molar-refractivity contribution in [1.82, 2.24) is 18.7 Å². The standard InChI is InChI=1S/C17H17Cl2FN2O2.C13H11Cl2FN2O2/c1-10(2)9-24-14-7-11(13(20)8-12(14)18)15-16(19)21-5-3-4-6-22(21)17(15)23;14-8-6-9(16)7(5-10(8)19)11-12(15)17-3-1-2-4-18(17)13(11)20/h7-8H,1,3-6,9H2,2H3;5-6,19H,1-4H2. The minimum Gasteiger partial charge on any atom is -0.506 e. The Bertz CT molecular complexity index is 1890. The van der Waals surface area contributed by atoms with E-state index in [1.807, 2.05) is 6.92 Å². The number of hydrogen-bond donors (Lipinski definition) is 1. The van der Waals surface area contributed by atoms with Gasteiger partial charge in [0.25, 0.3) is 11.1 Å². The molecule has 2 aliphatic heterocycles. The van der Waals surface area contributed by atoms with E-state index in [2.05, 4.69) is 6.58 Å². The zero-order valence-corrected chi connectivity index (χ0v) is 26.6. The van der Waals surface area contributed by atoms with Gasteiger partial charge in [-0.15, -0.1) is 0 Å². The molecule has 0 radical (unpaired) electrons. The Morgan fingerprint density at radius 2 is 1.20 bits per heavy atom. The molecule has 0 amide bonds. The van der Waals surface area contributed by atoms with Gasteiger partial charge in [-0.1, -0.05) is 53.0 Å². The molecule has 44 heavy (non-hydrogen) atoms. The van der Waals surface area contributed by atoms with E-state index < -0.39 is 11.6 Å². The zero-order valence-electron chi connectivity index (χ0n) is 23.6. The molecule has 8 nitrogen and oxygen atoms in total. The van der Waals surface area contributed by atoms with Gasteiger partial charge in [-0.2, -0.15) is 0 Å². The van der Waals surface area contributed by atoms with Crippen LogP contribution in [0.5, 0.6) is 11.5 Å². The van der Waals surface area contributed by atoms with Gasteiger partial charge in [0.2, 0.25) is 0 Å². The molecule has 234 valence electrons. The van der Waals surface area contributed by atoms with Crippen LogP contribution in [-0.2, 0) is 26.2 Å². The molecule has 4 aromatic rings. The van der Waals surface area contributed by atoms with Gasteiger partial charge >= 0.3 is 0 Å². The highest BCUT2D eigenvalue weighted by Crippen LogP contribution is 2.37. The molecule has 0 bridgehead atoms. The molecule has 1 N–H and O–H groups in total. The van der Waals surface area contributed by atoms with Crippen molar-refractivity contribution in [2.45, 2.75) is 58.8 Å². The molecule has 0 aliphatic carbocycles. The first kappa shape index (κ1) is 32.2. The number of phenols is 1. The molecular formula is C30H28Cl4F2N4O4. The van der Waals surface area contributed by atoms with Crippen LogP contribution >= 0.6 is 46.4 Å². The van der Waals surface area contributed by atoms with Crippen LogP contribution in [0.15, 0.2) is 46.0 Å². The highest BCUT2D eigenvalue weighted by Gasteiger charge is 2.26. The Morgan fingerprint density at radius 1 is 0.773 bits per heavy atom. The number of fused-ring (bicyclic) bond motifs is 2. The Labute approximate surface area is 271 Å². The van der Waals surface area contributed by atoms with E-state index in [1.54, 1.807) is 14.0 Å². The third-order valence-corrected chi connectivity index (χ3v) is 8.76. The van der Waals surface area contributed by atoms with Gasteiger partial charge in [0.15, 0.2) is 0 Å². The lowest BCUT2D eigenvalue weighted by atomic mass is 10.1. The van der Waals surface area contributed by atoms with Crippen molar-refractivity contribution in [2.24, 2.45) is 0 Å². The molecule has 0 saturated heterocycles. The number of phenolic OH excluding ortho intramolecular Hbond substituents is 1. The van der Waals surface area contributed by atoms with Crippen LogP contribution in [0, 0.1) is 11.6 Å². The van der Waals surface area contributed by atoms with Crippen molar-refractivity contribution in [3.05, 3.63) is 89.1 Å². The zero-order chi connectivity index (χ0) is 31.9. The van der Waals surface area contributed by atoms with Crippen LogP contribution in [-0.4, -0.2) is 30.4 Å². The number of halogens is 6. The summed E-state index contributed by atoms with van der Waals surface area (Å²) in [5, 5.41) is 10.1. The van der Waals surface area contributed by atoms with Gasteiger partial charge in [0, 0.05) is 37.3 Å². The molecule has 2 aromatic heterocycles. The predicted octanol–water partition coefficient (Wildman–Crippen LogP) is 7.77. The molecule has 0 atom stereocenters. The summed E-state index contributed by atoms with van der Waals surface area (Å²) in [5.41, 5.74) is 0.430. The third kappa shape index (κ3) is 6.05. The Morgan fingerprint density at radius 3 is 1.66 bits per heavy atom. The minimum atomic E-state index is -0.685. The van der Waals surface area contributed by atoms with Crippen molar-refractivity contribution in [3.8, 4) is 33.8 Å². The van der Waals surface area contributed by atoms with Crippen LogP contribution in [0.3, 0.4) is 0 Å². The second kappa shape index (κ2) is 13.0. The Kier molecular flexibility index (Phi) is 9.55. The van der Waals surface area contributed by atoms with Crippen LogP contribution < -0.4 is 15.9 Å². The molecule has 2 aromatic carbocycles. The lowest BCUT2D eigenvalue weighted by molar-refractivity contribution is 0.352. The average Bonchev–Trinajstić information content (AvgIpc) is 3.39. The van der Waals surface area contributed by atoms with Gasteiger partial charge in [0.1, 0.15) is 40.0 Å². The molecule has 2 aliphatic rings. The van der Waals surface area contributed by atoms with Gasteiger partial charge in [-0.05, 0) is 62.4 Å². The van der Waals surface area contributed by atoms with Gasteiger partial charge in [0.05, 0.1) is 21.2 Å². The van der Waals surface area contributed by atoms with E-state index in [0.717, 1.165) is 49.5 Å². The largest absolute Gasteiger partial charge is 0.506 e. The molecular weight excluding hydrogens is 660 g/mol. The quantitative estimate of drug-likeness (QED) is 0.217. The number of rotatable bonds is 5. The SMILES string of the molecule is C=C(C)COc1cc(-c2c(Cl)n3n(c2=O)CCCC3)c(F)cc1Cl.O=c1c(-c2cc(O)c(Cl)cc2F)c(Cl)n2n1CCCC2. The summed E-state index contributed by atoms with van der Waals surface area (Å²) in [6, 6.07) is 4.67. The lowest BCUT2D eigenvalue weighted by Gasteiger charge is -2.17. The van der Waals surface area contributed by atoms with Crippen molar-refractivity contribution in [2.75, 3.05) is 6.61 Å². The van der Waals surface area contributed by atoms with Crippen molar-refractivity contribution in [3.63, 3.8) is 0 Å². The first-order valence-electron chi connectivity index (χ1n) is 13.8. The summed E-state index contributed by atoms with van der Waals surface area (Å²) >= 11 is 24.2. The van der Waals surface area contributed by atoms with Crippen molar-refractivity contribution in [1.29, 1.82) is 0 Å². The number of aromatic hydroxyl groups is 1. The summed E-state index contributed by atoms with van der Waals surface area (Å²) < 4.78 is 40.4. The first-order chi connectivity index (χ1) is 20.9. The fraction of sp³-hybridized carbons (Fsp3) is 0.333. The molecule has 0 spiro atoms. The summed E-state index contributed by atoms with van der Waals surface area (Å²) in [7, 11) is 0. The van der Waals surface area contributed by atoms with E-state index in [4.69, 9.17) is 51.1 Å². The smallest absolute Gasteiger partial charge is 0.276 e. The lowest BCUT2D eigenvalue weighted by Crippen LogP contribution is -2.27. The topological polar surface area (TPSA) is 83.3 Å². The van der Waals surface area contributed by atoms with E-state index in [1.165, 1.54) is 10.7 Å². The summed E-state index contributed by atoms with van der Waals surface area (Å²) in [5.74, 6) is -1.28. The van der Waals surface area contributed by atoms with E-state index >= 15 is 0 Å². The maximum absolute atomic E-state index is 14.5. The summed E-state index contributed by atoms with van der Waals surface area (Å²) in [4.78, 5) is 25.0.